The standard InChI is InChI=1S/C15H28N2O/c1-14(7-3-2-4-8-14)13(18)17-12-15(11-16)9-5-6-10-15/h2-12,16H2,1H3,(H,17,18). The van der Waals surface area contributed by atoms with Gasteiger partial charge < -0.3 is 11.1 Å². The summed E-state index contributed by atoms with van der Waals surface area (Å²) in [4.78, 5) is 12.4. The van der Waals surface area contributed by atoms with E-state index in [-0.39, 0.29) is 16.7 Å². The van der Waals surface area contributed by atoms with Gasteiger partial charge in [-0.25, -0.2) is 0 Å². The van der Waals surface area contributed by atoms with Gasteiger partial charge in [0.05, 0.1) is 0 Å². The molecule has 2 fully saturated rings. The van der Waals surface area contributed by atoms with Crippen LogP contribution in [0.5, 0.6) is 0 Å². The molecule has 0 heterocycles. The van der Waals surface area contributed by atoms with Gasteiger partial charge in [-0.3, -0.25) is 4.79 Å². The van der Waals surface area contributed by atoms with Crippen molar-refractivity contribution in [2.45, 2.75) is 64.7 Å². The van der Waals surface area contributed by atoms with Crippen molar-refractivity contribution in [2.24, 2.45) is 16.6 Å². The molecule has 2 aliphatic rings. The lowest BCUT2D eigenvalue weighted by molar-refractivity contribution is -0.132. The van der Waals surface area contributed by atoms with E-state index in [4.69, 9.17) is 5.73 Å². The summed E-state index contributed by atoms with van der Waals surface area (Å²) in [5, 5.41) is 3.21. The average Bonchev–Trinajstić information content (AvgIpc) is 2.86. The van der Waals surface area contributed by atoms with E-state index < -0.39 is 0 Å². The molecule has 0 bridgehead atoms. The van der Waals surface area contributed by atoms with Crippen LogP contribution in [0.15, 0.2) is 0 Å². The number of hydrogen-bond donors (Lipinski definition) is 2. The molecule has 0 aromatic rings. The smallest absolute Gasteiger partial charge is 0.225 e. The molecule has 104 valence electrons. The number of carbonyl (C=O) groups is 1. The number of nitrogens with one attached hydrogen (secondary N) is 1. The molecule has 2 rings (SSSR count). The van der Waals surface area contributed by atoms with Gasteiger partial charge in [-0.05, 0) is 37.6 Å². The van der Waals surface area contributed by atoms with E-state index in [1.807, 2.05) is 0 Å². The maximum absolute atomic E-state index is 12.4. The summed E-state index contributed by atoms with van der Waals surface area (Å²) in [5.74, 6) is 0.266. The molecule has 0 aromatic carbocycles. The van der Waals surface area contributed by atoms with E-state index >= 15 is 0 Å². The summed E-state index contributed by atoms with van der Waals surface area (Å²) in [7, 11) is 0. The molecule has 0 aliphatic heterocycles. The largest absolute Gasteiger partial charge is 0.355 e. The number of amides is 1. The first-order valence-corrected chi connectivity index (χ1v) is 7.59. The topological polar surface area (TPSA) is 55.1 Å². The van der Waals surface area contributed by atoms with Gasteiger partial charge in [0.1, 0.15) is 0 Å². The van der Waals surface area contributed by atoms with Crippen molar-refractivity contribution >= 4 is 5.91 Å². The number of nitrogens with two attached hydrogens (primary N) is 1. The first kappa shape index (κ1) is 13.9. The summed E-state index contributed by atoms with van der Waals surface area (Å²) in [6.45, 7) is 3.63. The van der Waals surface area contributed by atoms with Crippen LogP contribution in [0.4, 0.5) is 0 Å². The van der Waals surface area contributed by atoms with Crippen LogP contribution < -0.4 is 11.1 Å². The summed E-state index contributed by atoms with van der Waals surface area (Å²) >= 11 is 0. The lowest BCUT2D eigenvalue weighted by Gasteiger charge is -2.34. The third kappa shape index (κ3) is 2.87. The van der Waals surface area contributed by atoms with Crippen molar-refractivity contribution in [1.82, 2.24) is 5.32 Å². The van der Waals surface area contributed by atoms with Crippen LogP contribution in [0.2, 0.25) is 0 Å². The predicted molar refractivity (Wildman–Crippen MR) is 74.2 cm³/mol. The number of rotatable bonds is 4. The van der Waals surface area contributed by atoms with Gasteiger partial charge in [-0.1, -0.05) is 39.0 Å². The van der Waals surface area contributed by atoms with Crippen molar-refractivity contribution in [2.75, 3.05) is 13.1 Å². The third-order valence-corrected chi connectivity index (χ3v) is 5.23. The lowest BCUT2D eigenvalue weighted by Crippen LogP contribution is -2.46. The Kier molecular flexibility index (Phi) is 4.31. The van der Waals surface area contributed by atoms with Crippen LogP contribution in [0.1, 0.15) is 64.7 Å². The Morgan fingerprint density at radius 2 is 1.61 bits per heavy atom. The molecule has 0 aromatic heterocycles. The SMILES string of the molecule is CC1(C(=O)NCC2(CN)CCCC2)CCCCC1. The lowest BCUT2D eigenvalue weighted by atomic mass is 9.74. The minimum Gasteiger partial charge on any atom is -0.355 e. The summed E-state index contributed by atoms with van der Waals surface area (Å²) in [6.07, 6.45) is 10.7. The van der Waals surface area contributed by atoms with Crippen LogP contribution in [0.25, 0.3) is 0 Å². The fourth-order valence-corrected chi connectivity index (χ4v) is 3.62. The normalized spacial score (nSPS) is 25.9. The van der Waals surface area contributed by atoms with E-state index in [1.54, 1.807) is 0 Å². The first-order chi connectivity index (χ1) is 8.60. The van der Waals surface area contributed by atoms with E-state index in [0.717, 1.165) is 19.4 Å². The van der Waals surface area contributed by atoms with E-state index in [2.05, 4.69) is 12.2 Å². The maximum atomic E-state index is 12.4. The van der Waals surface area contributed by atoms with Gasteiger partial charge in [-0.2, -0.15) is 0 Å². The van der Waals surface area contributed by atoms with Crippen molar-refractivity contribution in [3.63, 3.8) is 0 Å². The van der Waals surface area contributed by atoms with Crippen LogP contribution in [0.3, 0.4) is 0 Å². The number of carbonyl (C=O) groups excluding carboxylic acids is 1. The fraction of sp³-hybridized carbons (Fsp3) is 0.933. The molecule has 3 heteroatoms. The predicted octanol–water partition coefficient (Wildman–Crippen LogP) is 2.59. The van der Waals surface area contributed by atoms with Crippen molar-refractivity contribution in [3.8, 4) is 0 Å². The van der Waals surface area contributed by atoms with Crippen LogP contribution in [0, 0.1) is 10.8 Å². The minimum absolute atomic E-state index is 0.118. The minimum atomic E-state index is -0.118. The highest BCUT2D eigenvalue weighted by molar-refractivity contribution is 5.82. The second kappa shape index (κ2) is 5.60. The Morgan fingerprint density at radius 1 is 1.06 bits per heavy atom. The van der Waals surface area contributed by atoms with Gasteiger partial charge in [-0.15, -0.1) is 0 Å². The molecular weight excluding hydrogens is 224 g/mol. The van der Waals surface area contributed by atoms with E-state index in [0.29, 0.717) is 6.54 Å². The van der Waals surface area contributed by atoms with Gasteiger partial charge >= 0.3 is 0 Å². The molecule has 0 radical (unpaired) electrons. The monoisotopic (exact) mass is 252 g/mol. The molecule has 1 amide bonds. The summed E-state index contributed by atoms with van der Waals surface area (Å²) in [6, 6.07) is 0. The molecule has 2 saturated carbocycles. The second-order valence-corrected chi connectivity index (χ2v) is 6.72. The Bertz CT molecular complexity index is 289. The first-order valence-electron chi connectivity index (χ1n) is 7.59. The zero-order chi connectivity index (χ0) is 13.1. The van der Waals surface area contributed by atoms with Crippen molar-refractivity contribution < 1.29 is 4.79 Å². The molecule has 3 nitrogen and oxygen atoms in total. The molecule has 2 aliphatic carbocycles. The van der Waals surface area contributed by atoms with Gasteiger partial charge in [0.2, 0.25) is 5.91 Å². The van der Waals surface area contributed by atoms with Gasteiger partial charge in [0.25, 0.3) is 0 Å². The highest BCUT2D eigenvalue weighted by Gasteiger charge is 2.37. The summed E-state index contributed by atoms with van der Waals surface area (Å²) < 4.78 is 0. The van der Waals surface area contributed by atoms with E-state index in [9.17, 15) is 4.79 Å². The average molecular weight is 252 g/mol. The number of hydrogen-bond acceptors (Lipinski definition) is 2. The molecular formula is C15H28N2O. The van der Waals surface area contributed by atoms with Crippen molar-refractivity contribution in [3.05, 3.63) is 0 Å². The zero-order valence-corrected chi connectivity index (χ0v) is 11.8. The molecule has 3 N–H and O–H groups in total. The maximum Gasteiger partial charge on any atom is 0.225 e. The highest BCUT2D eigenvalue weighted by Crippen LogP contribution is 2.38. The Morgan fingerprint density at radius 3 is 2.17 bits per heavy atom. The molecule has 0 spiro atoms. The van der Waals surface area contributed by atoms with Gasteiger partial charge in [0, 0.05) is 12.0 Å². The third-order valence-electron chi connectivity index (χ3n) is 5.23. The Balaban J connectivity index is 1.87. The summed E-state index contributed by atoms with van der Waals surface area (Å²) in [5.41, 5.74) is 5.99. The highest BCUT2D eigenvalue weighted by atomic mass is 16.2. The van der Waals surface area contributed by atoms with E-state index in [1.165, 1.54) is 44.9 Å². The van der Waals surface area contributed by atoms with Crippen molar-refractivity contribution in [1.29, 1.82) is 0 Å². The second-order valence-electron chi connectivity index (χ2n) is 6.72. The van der Waals surface area contributed by atoms with Crippen LogP contribution in [-0.4, -0.2) is 19.0 Å². The quantitative estimate of drug-likeness (QED) is 0.808. The van der Waals surface area contributed by atoms with Crippen LogP contribution >= 0.6 is 0 Å². The zero-order valence-electron chi connectivity index (χ0n) is 11.8. The van der Waals surface area contributed by atoms with Crippen LogP contribution in [-0.2, 0) is 4.79 Å². The Labute approximate surface area is 111 Å². The molecule has 18 heavy (non-hydrogen) atoms. The molecule has 0 saturated heterocycles. The molecule has 0 unspecified atom stereocenters. The van der Waals surface area contributed by atoms with Gasteiger partial charge in [0.15, 0.2) is 0 Å². The fourth-order valence-electron chi connectivity index (χ4n) is 3.62. The Hall–Kier alpha value is -0.570. The molecule has 0 atom stereocenters.